The van der Waals surface area contributed by atoms with Crippen molar-refractivity contribution in [1.82, 2.24) is 10.2 Å². The fourth-order valence-corrected chi connectivity index (χ4v) is 4.44. The van der Waals surface area contributed by atoms with Gasteiger partial charge in [-0.25, -0.2) is 0 Å². The molecular formula is C24H31N3O2. The molecule has 0 aromatic heterocycles. The Bertz CT molecular complexity index is 861. The van der Waals surface area contributed by atoms with Gasteiger partial charge >= 0.3 is 0 Å². The van der Waals surface area contributed by atoms with E-state index in [0.717, 1.165) is 50.4 Å². The van der Waals surface area contributed by atoms with Crippen LogP contribution in [0.2, 0.25) is 0 Å². The van der Waals surface area contributed by atoms with Gasteiger partial charge in [0, 0.05) is 44.5 Å². The zero-order valence-corrected chi connectivity index (χ0v) is 17.5. The van der Waals surface area contributed by atoms with Crippen molar-refractivity contribution >= 4 is 11.6 Å². The molecule has 1 N–H and O–H groups in total. The second-order valence-corrected chi connectivity index (χ2v) is 8.16. The third-order valence-electron chi connectivity index (χ3n) is 6.06. The molecule has 2 aromatic carbocycles. The van der Waals surface area contributed by atoms with Crippen LogP contribution in [0.3, 0.4) is 0 Å². The Hall–Kier alpha value is -2.37. The quantitative estimate of drug-likeness (QED) is 0.848. The molecule has 0 radical (unpaired) electrons. The summed E-state index contributed by atoms with van der Waals surface area (Å²) >= 11 is 0. The maximum absolute atomic E-state index is 12.7. The molecule has 5 heteroatoms. The van der Waals surface area contributed by atoms with Gasteiger partial charge in [0.1, 0.15) is 0 Å². The molecule has 5 nitrogen and oxygen atoms in total. The number of nitrogens with one attached hydrogen (secondary N) is 1. The summed E-state index contributed by atoms with van der Waals surface area (Å²) in [4.78, 5) is 17.5. The number of rotatable bonds is 5. The zero-order valence-electron chi connectivity index (χ0n) is 17.5. The van der Waals surface area contributed by atoms with E-state index in [1.165, 1.54) is 23.2 Å². The maximum Gasteiger partial charge on any atom is 0.251 e. The fraction of sp³-hybridized carbons (Fsp3) is 0.458. The number of hydrogen-bond acceptors (Lipinski definition) is 4. The summed E-state index contributed by atoms with van der Waals surface area (Å²) in [6, 6.07) is 14.8. The topological polar surface area (TPSA) is 44.8 Å². The lowest BCUT2D eigenvalue weighted by Gasteiger charge is -2.36. The first kappa shape index (κ1) is 19.9. The fourth-order valence-electron chi connectivity index (χ4n) is 4.44. The molecule has 2 aromatic rings. The van der Waals surface area contributed by atoms with Crippen molar-refractivity contribution in [2.45, 2.75) is 25.8 Å². The van der Waals surface area contributed by atoms with Crippen molar-refractivity contribution in [2.24, 2.45) is 0 Å². The van der Waals surface area contributed by atoms with E-state index in [1.54, 1.807) is 0 Å². The predicted octanol–water partition coefficient (Wildman–Crippen LogP) is 3.18. The van der Waals surface area contributed by atoms with Crippen molar-refractivity contribution < 1.29 is 9.53 Å². The Labute approximate surface area is 173 Å². The van der Waals surface area contributed by atoms with Crippen LogP contribution in [0.1, 0.15) is 39.5 Å². The molecular weight excluding hydrogens is 362 g/mol. The van der Waals surface area contributed by atoms with Gasteiger partial charge in [-0.3, -0.25) is 9.69 Å². The van der Waals surface area contributed by atoms with Crippen LogP contribution >= 0.6 is 0 Å². The van der Waals surface area contributed by atoms with Crippen LogP contribution < -0.4 is 10.2 Å². The number of fused-ring (bicyclic) bond motifs is 1. The van der Waals surface area contributed by atoms with E-state index in [-0.39, 0.29) is 11.9 Å². The highest BCUT2D eigenvalue weighted by molar-refractivity contribution is 5.94. The van der Waals surface area contributed by atoms with Crippen LogP contribution in [0.15, 0.2) is 42.5 Å². The van der Waals surface area contributed by atoms with E-state index in [4.69, 9.17) is 4.74 Å². The molecule has 2 heterocycles. The number of hydrogen-bond donors (Lipinski definition) is 1. The smallest absolute Gasteiger partial charge is 0.251 e. The van der Waals surface area contributed by atoms with Crippen LogP contribution in [0.25, 0.3) is 0 Å². The Morgan fingerprint density at radius 3 is 2.76 bits per heavy atom. The zero-order chi connectivity index (χ0) is 20.2. The first-order valence-corrected chi connectivity index (χ1v) is 10.6. The summed E-state index contributed by atoms with van der Waals surface area (Å²) in [6.07, 6.45) is 2.32. The van der Waals surface area contributed by atoms with Gasteiger partial charge in [-0.2, -0.15) is 0 Å². The van der Waals surface area contributed by atoms with Crippen LogP contribution in [0, 0.1) is 6.92 Å². The highest BCUT2D eigenvalue weighted by Crippen LogP contribution is 2.31. The highest BCUT2D eigenvalue weighted by Gasteiger charge is 2.25. The number of nitrogens with zero attached hydrogens (tertiary/aromatic N) is 2. The number of aryl methyl sites for hydroxylation is 2. The maximum atomic E-state index is 12.7. The van der Waals surface area contributed by atoms with Crippen LogP contribution in [-0.4, -0.2) is 57.2 Å². The normalized spacial score (nSPS) is 18.2. The van der Waals surface area contributed by atoms with Gasteiger partial charge in [0.25, 0.3) is 5.91 Å². The predicted molar refractivity (Wildman–Crippen MR) is 117 cm³/mol. The third-order valence-corrected chi connectivity index (χ3v) is 6.06. The Balaban J connectivity index is 1.54. The van der Waals surface area contributed by atoms with Crippen molar-refractivity contribution in [1.29, 1.82) is 0 Å². The van der Waals surface area contributed by atoms with E-state index in [0.29, 0.717) is 6.54 Å². The average molecular weight is 394 g/mol. The Kier molecular flexibility index (Phi) is 6.16. The number of carbonyl (C=O) groups is 1. The number of morpholine rings is 1. The molecule has 1 amide bonds. The van der Waals surface area contributed by atoms with Gasteiger partial charge in [0.05, 0.1) is 19.3 Å². The molecule has 0 bridgehead atoms. The van der Waals surface area contributed by atoms with Crippen molar-refractivity contribution in [3.63, 3.8) is 0 Å². The van der Waals surface area contributed by atoms with E-state index < -0.39 is 0 Å². The molecule has 2 aliphatic rings. The lowest BCUT2D eigenvalue weighted by atomic mass is 9.95. The van der Waals surface area contributed by atoms with Crippen molar-refractivity contribution in [3.05, 3.63) is 64.7 Å². The Morgan fingerprint density at radius 1 is 1.14 bits per heavy atom. The Morgan fingerprint density at radius 2 is 1.97 bits per heavy atom. The lowest BCUT2D eigenvalue weighted by Crippen LogP contribution is -2.44. The van der Waals surface area contributed by atoms with Crippen molar-refractivity contribution in [2.75, 3.05) is 51.3 Å². The van der Waals surface area contributed by atoms with E-state index >= 15 is 0 Å². The third kappa shape index (κ3) is 4.62. The number of carbonyl (C=O) groups excluding carboxylic acids is 1. The van der Waals surface area contributed by atoms with E-state index in [2.05, 4.69) is 40.4 Å². The molecule has 29 heavy (non-hydrogen) atoms. The van der Waals surface area contributed by atoms with Gasteiger partial charge < -0.3 is 15.0 Å². The molecule has 0 unspecified atom stereocenters. The molecule has 4 rings (SSSR count). The highest BCUT2D eigenvalue weighted by atomic mass is 16.5. The molecule has 1 fully saturated rings. The lowest BCUT2D eigenvalue weighted by molar-refractivity contribution is 0.0162. The molecule has 0 aliphatic carbocycles. The van der Waals surface area contributed by atoms with Crippen LogP contribution in [-0.2, 0) is 11.2 Å². The molecule has 2 aliphatic heterocycles. The summed E-state index contributed by atoms with van der Waals surface area (Å²) in [5.41, 5.74) is 5.86. The number of anilines is 1. The largest absolute Gasteiger partial charge is 0.379 e. The van der Waals surface area contributed by atoms with Gasteiger partial charge in [-0.05, 0) is 49.1 Å². The summed E-state index contributed by atoms with van der Waals surface area (Å²) in [6.45, 7) is 7.00. The summed E-state index contributed by atoms with van der Waals surface area (Å²) in [7, 11) is 2.17. The monoisotopic (exact) mass is 393 g/mol. The van der Waals surface area contributed by atoms with Crippen LogP contribution in [0.4, 0.5) is 5.69 Å². The van der Waals surface area contributed by atoms with E-state index in [1.807, 2.05) is 31.2 Å². The minimum Gasteiger partial charge on any atom is -0.379 e. The van der Waals surface area contributed by atoms with Gasteiger partial charge in [-0.15, -0.1) is 0 Å². The van der Waals surface area contributed by atoms with Gasteiger partial charge in [0.15, 0.2) is 0 Å². The first-order chi connectivity index (χ1) is 14.1. The second kappa shape index (κ2) is 8.97. The summed E-state index contributed by atoms with van der Waals surface area (Å²) in [5, 5.41) is 3.18. The molecule has 0 saturated carbocycles. The average Bonchev–Trinajstić information content (AvgIpc) is 2.74. The van der Waals surface area contributed by atoms with E-state index in [9.17, 15) is 4.79 Å². The SMILES string of the molecule is Cc1cccc(C(=O)NC[C@@H](c2ccc3c(c2)CCCN3C)N2CCOCC2)c1. The molecule has 154 valence electrons. The molecule has 0 spiro atoms. The summed E-state index contributed by atoms with van der Waals surface area (Å²) in [5.74, 6) is -0.00958. The number of amides is 1. The molecule has 1 atom stereocenters. The second-order valence-electron chi connectivity index (χ2n) is 8.16. The number of benzene rings is 2. The first-order valence-electron chi connectivity index (χ1n) is 10.6. The minimum absolute atomic E-state index is 0.00958. The van der Waals surface area contributed by atoms with Crippen molar-refractivity contribution in [3.8, 4) is 0 Å². The van der Waals surface area contributed by atoms with Crippen LogP contribution in [0.5, 0.6) is 0 Å². The van der Waals surface area contributed by atoms with Gasteiger partial charge in [-0.1, -0.05) is 29.8 Å². The summed E-state index contributed by atoms with van der Waals surface area (Å²) < 4.78 is 5.56. The van der Waals surface area contributed by atoms with Gasteiger partial charge in [0.2, 0.25) is 0 Å². The number of ether oxygens (including phenoxy) is 1. The standard InChI is InChI=1S/C24H31N3O2/c1-18-5-3-6-21(15-18)24(28)25-17-23(27-11-13-29-14-12-27)20-8-9-22-19(16-20)7-4-10-26(22)2/h3,5-6,8-9,15-16,23H,4,7,10-14,17H2,1-2H3,(H,25,28)/t23-/m0/s1. The molecule has 1 saturated heterocycles. The minimum atomic E-state index is -0.00958.